The van der Waals surface area contributed by atoms with Crippen LogP contribution in [0.4, 0.5) is 5.69 Å². The third-order valence-corrected chi connectivity index (χ3v) is 5.25. The van der Waals surface area contributed by atoms with E-state index in [2.05, 4.69) is 46.7 Å². The summed E-state index contributed by atoms with van der Waals surface area (Å²) < 4.78 is 0. The highest BCUT2D eigenvalue weighted by molar-refractivity contribution is 5.43. The number of rotatable bonds is 2. The van der Waals surface area contributed by atoms with Crippen molar-refractivity contribution in [2.24, 2.45) is 11.8 Å². The van der Waals surface area contributed by atoms with Crippen molar-refractivity contribution in [3.63, 3.8) is 0 Å². The number of nitrogens with one attached hydrogen (secondary N) is 1. The minimum Gasteiger partial charge on any atom is -0.380 e. The number of benzene rings is 1. The molecule has 1 aromatic heterocycles. The molecule has 0 saturated heterocycles. The van der Waals surface area contributed by atoms with Gasteiger partial charge in [-0.1, -0.05) is 24.3 Å². The van der Waals surface area contributed by atoms with Crippen molar-refractivity contribution in [1.82, 2.24) is 4.98 Å². The Morgan fingerprint density at radius 3 is 2.19 bits per heavy atom. The predicted molar refractivity (Wildman–Crippen MR) is 86.4 cm³/mol. The van der Waals surface area contributed by atoms with Gasteiger partial charge in [0.15, 0.2) is 0 Å². The van der Waals surface area contributed by atoms with E-state index in [4.69, 9.17) is 0 Å². The van der Waals surface area contributed by atoms with Crippen molar-refractivity contribution in [3.05, 3.63) is 59.4 Å². The summed E-state index contributed by atoms with van der Waals surface area (Å²) in [6.07, 6.45) is 7.14. The molecule has 2 bridgehead atoms. The van der Waals surface area contributed by atoms with E-state index < -0.39 is 0 Å². The summed E-state index contributed by atoms with van der Waals surface area (Å²) in [4.78, 5) is 4.42. The highest BCUT2D eigenvalue weighted by Crippen LogP contribution is 2.41. The molecule has 1 fully saturated rings. The van der Waals surface area contributed by atoms with Crippen molar-refractivity contribution in [2.75, 3.05) is 5.32 Å². The Bertz CT molecular complexity index is 599. The van der Waals surface area contributed by atoms with Gasteiger partial charge in [0.1, 0.15) is 0 Å². The van der Waals surface area contributed by atoms with E-state index in [1.807, 2.05) is 13.1 Å². The van der Waals surface area contributed by atoms with Crippen LogP contribution in [0.1, 0.15) is 29.7 Å². The van der Waals surface area contributed by atoms with Crippen LogP contribution in [0.2, 0.25) is 0 Å². The fourth-order valence-corrected chi connectivity index (χ4v) is 4.13. The van der Waals surface area contributed by atoms with Gasteiger partial charge in [-0.05, 0) is 67.7 Å². The van der Waals surface area contributed by atoms with Crippen molar-refractivity contribution in [3.8, 4) is 0 Å². The van der Waals surface area contributed by atoms with Crippen LogP contribution in [0.15, 0.2) is 42.6 Å². The summed E-state index contributed by atoms with van der Waals surface area (Å²) in [6.45, 7) is 2.04. The van der Waals surface area contributed by atoms with Crippen molar-refractivity contribution >= 4 is 5.69 Å². The number of hydrogen-bond donors (Lipinski definition) is 1. The molecule has 2 aliphatic carbocycles. The smallest absolute Gasteiger partial charge is 0.0529 e. The number of fused-ring (bicyclic) bond motifs is 3. The van der Waals surface area contributed by atoms with Crippen LogP contribution in [-0.4, -0.2) is 11.0 Å². The predicted octanol–water partition coefficient (Wildman–Crippen LogP) is 4.00. The molecular formula is C19H22N2. The van der Waals surface area contributed by atoms with Crippen LogP contribution in [0.5, 0.6) is 0 Å². The van der Waals surface area contributed by atoms with E-state index in [1.165, 1.54) is 31.4 Å². The standard InChI is InChI=1S/C19H22N2/c1-13-6-9-18(12-20-13)21-19-16-7-8-17(19)11-15-5-3-2-4-14(15)10-16/h2-6,9,12,16-17,19,21H,7-8,10-11H2,1H3. The van der Waals surface area contributed by atoms with Crippen LogP contribution >= 0.6 is 0 Å². The molecule has 108 valence electrons. The second-order valence-corrected chi connectivity index (χ2v) is 6.63. The summed E-state index contributed by atoms with van der Waals surface area (Å²) in [5, 5.41) is 3.78. The molecule has 1 N–H and O–H groups in total. The van der Waals surface area contributed by atoms with Gasteiger partial charge in [-0.2, -0.15) is 0 Å². The number of pyridine rings is 1. The van der Waals surface area contributed by atoms with Crippen LogP contribution in [0.25, 0.3) is 0 Å². The minimum atomic E-state index is 0.599. The normalized spacial score (nSPS) is 27.0. The Labute approximate surface area is 126 Å². The van der Waals surface area contributed by atoms with Crippen molar-refractivity contribution in [1.29, 1.82) is 0 Å². The second kappa shape index (κ2) is 5.18. The Morgan fingerprint density at radius 2 is 1.62 bits per heavy atom. The Morgan fingerprint density at radius 1 is 0.952 bits per heavy atom. The SMILES string of the molecule is Cc1ccc(NC2C3CCC2Cc2ccccc2C3)cn1. The molecule has 0 radical (unpaired) electrons. The van der Waals surface area contributed by atoms with Gasteiger partial charge < -0.3 is 5.32 Å². The van der Waals surface area contributed by atoms with E-state index in [-0.39, 0.29) is 0 Å². The van der Waals surface area contributed by atoms with Crippen LogP contribution in [0, 0.1) is 18.8 Å². The van der Waals surface area contributed by atoms with Crippen molar-refractivity contribution < 1.29 is 0 Å². The zero-order valence-corrected chi connectivity index (χ0v) is 12.5. The zero-order chi connectivity index (χ0) is 14.2. The van der Waals surface area contributed by atoms with E-state index in [9.17, 15) is 0 Å². The van der Waals surface area contributed by atoms with Gasteiger partial charge in [-0.3, -0.25) is 4.98 Å². The Kier molecular flexibility index (Phi) is 3.17. The van der Waals surface area contributed by atoms with Crippen LogP contribution in [0.3, 0.4) is 0 Å². The molecule has 1 aromatic carbocycles. The number of anilines is 1. The van der Waals surface area contributed by atoms with E-state index in [0.29, 0.717) is 6.04 Å². The molecule has 2 unspecified atom stereocenters. The zero-order valence-electron chi connectivity index (χ0n) is 12.5. The summed E-state index contributed by atoms with van der Waals surface area (Å²) in [5.41, 5.74) is 5.39. The summed E-state index contributed by atoms with van der Waals surface area (Å²) in [5.74, 6) is 1.53. The summed E-state index contributed by atoms with van der Waals surface area (Å²) in [7, 11) is 0. The lowest BCUT2D eigenvalue weighted by molar-refractivity contribution is 0.449. The van der Waals surface area contributed by atoms with E-state index in [1.54, 1.807) is 11.1 Å². The fraction of sp³-hybridized carbons (Fsp3) is 0.421. The number of hydrogen-bond acceptors (Lipinski definition) is 2. The summed E-state index contributed by atoms with van der Waals surface area (Å²) in [6, 6.07) is 13.9. The first kappa shape index (κ1) is 12.9. The number of aromatic nitrogens is 1. The molecule has 0 spiro atoms. The number of nitrogens with zero attached hydrogens (tertiary/aromatic N) is 1. The third-order valence-electron chi connectivity index (χ3n) is 5.25. The summed E-state index contributed by atoms with van der Waals surface area (Å²) >= 11 is 0. The first-order valence-corrected chi connectivity index (χ1v) is 8.05. The molecular weight excluding hydrogens is 256 g/mol. The topological polar surface area (TPSA) is 24.9 Å². The highest BCUT2D eigenvalue weighted by atomic mass is 15.0. The van der Waals surface area contributed by atoms with Crippen molar-refractivity contribution in [2.45, 2.75) is 38.6 Å². The largest absolute Gasteiger partial charge is 0.380 e. The molecule has 0 amide bonds. The quantitative estimate of drug-likeness (QED) is 0.898. The fourth-order valence-electron chi connectivity index (χ4n) is 4.13. The molecule has 2 aromatic rings. The molecule has 2 heteroatoms. The monoisotopic (exact) mass is 278 g/mol. The average molecular weight is 278 g/mol. The average Bonchev–Trinajstić information content (AvgIpc) is 2.76. The second-order valence-electron chi connectivity index (χ2n) is 6.63. The van der Waals surface area contributed by atoms with Crippen LogP contribution < -0.4 is 5.32 Å². The molecule has 1 saturated carbocycles. The molecule has 1 heterocycles. The lowest BCUT2D eigenvalue weighted by atomic mass is 9.94. The lowest BCUT2D eigenvalue weighted by Crippen LogP contribution is -2.30. The minimum absolute atomic E-state index is 0.599. The van der Waals surface area contributed by atoms with Gasteiger partial charge >= 0.3 is 0 Å². The molecule has 2 nitrogen and oxygen atoms in total. The highest BCUT2D eigenvalue weighted by Gasteiger charge is 2.38. The molecule has 21 heavy (non-hydrogen) atoms. The van der Waals surface area contributed by atoms with Gasteiger partial charge in [0.25, 0.3) is 0 Å². The van der Waals surface area contributed by atoms with Gasteiger partial charge in [0.05, 0.1) is 11.9 Å². The lowest BCUT2D eigenvalue weighted by Gasteiger charge is -2.24. The van der Waals surface area contributed by atoms with Gasteiger partial charge in [0, 0.05) is 11.7 Å². The molecule has 4 rings (SSSR count). The third kappa shape index (κ3) is 2.44. The van der Waals surface area contributed by atoms with E-state index in [0.717, 1.165) is 17.5 Å². The Hall–Kier alpha value is -1.83. The van der Waals surface area contributed by atoms with Gasteiger partial charge in [-0.15, -0.1) is 0 Å². The maximum Gasteiger partial charge on any atom is 0.0529 e. The molecule has 2 atom stereocenters. The number of aryl methyl sites for hydroxylation is 1. The molecule has 0 aliphatic heterocycles. The first-order chi connectivity index (χ1) is 10.3. The van der Waals surface area contributed by atoms with Crippen LogP contribution in [-0.2, 0) is 12.8 Å². The van der Waals surface area contributed by atoms with Gasteiger partial charge in [0.2, 0.25) is 0 Å². The Balaban J connectivity index is 1.59. The van der Waals surface area contributed by atoms with Gasteiger partial charge in [-0.25, -0.2) is 0 Å². The maximum atomic E-state index is 4.42. The van der Waals surface area contributed by atoms with E-state index >= 15 is 0 Å². The molecule has 2 aliphatic rings. The maximum absolute atomic E-state index is 4.42. The first-order valence-electron chi connectivity index (χ1n) is 8.05.